The Hall–Kier alpha value is -3.42. The van der Waals surface area contributed by atoms with E-state index in [4.69, 9.17) is 4.74 Å². The quantitative estimate of drug-likeness (QED) is 0.731. The largest absolute Gasteiger partial charge is 0.497 e. The molecule has 1 aliphatic heterocycles. The van der Waals surface area contributed by atoms with E-state index in [0.717, 1.165) is 4.90 Å². The number of imide groups is 1. The van der Waals surface area contributed by atoms with Crippen LogP contribution < -0.4 is 15.4 Å². The number of hydrogen-bond donors (Lipinski definition) is 2. The van der Waals surface area contributed by atoms with Gasteiger partial charge in [-0.3, -0.25) is 14.5 Å². The van der Waals surface area contributed by atoms with E-state index < -0.39 is 35.7 Å². The van der Waals surface area contributed by atoms with Crippen LogP contribution in [0.25, 0.3) is 0 Å². The molecule has 0 saturated carbocycles. The number of ether oxygens (including phenoxy) is 1. The maximum absolute atomic E-state index is 13.7. The number of aryl methyl sites for hydroxylation is 1. The minimum Gasteiger partial charge on any atom is -0.497 e. The molecule has 0 spiro atoms. The second-order valence-corrected chi connectivity index (χ2v) is 6.82. The number of urea groups is 1. The number of anilines is 1. The molecule has 0 radical (unpaired) electrons. The van der Waals surface area contributed by atoms with Crippen molar-refractivity contribution in [2.75, 3.05) is 19.0 Å². The van der Waals surface area contributed by atoms with Gasteiger partial charge in [0, 0.05) is 5.69 Å². The second kappa shape index (κ2) is 7.90. The molecule has 1 aliphatic rings. The Labute approximate surface area is 167 Å². The van der Waals surface area contributed by atoms with Crippen LogP contribution in [0.2, 0.25) is 0 Å². The van der Waals surface area contributed by atoms with Crippen LogP contribution >= 0.6 is 0 Å². The number of carbonyl (C=O) groups is 3. The maximum Gasteiger partial charge on any atom is 0.325 e. The van der Waals surface area contributed by atoms with Crippen molar-refractivity contribution in [3.63, 3.8) is 0 Å². The Kier molecular flexibility index (Phi) is 5.54. The number of halogens is 1. The van der Waals surface area contributed by atoms with Gasteiger partial charge in [0.2, 0.25) is 5.91 Å². The topological polar surface area (TPSA) is 87.7 Å². The molecule has 8 heteroatoms. The van der Waals surface area contributed by atoms with Crippen LogP contribution in [0.3, 0.4) is 0 Å². The number of nitrogens with zero attached hydrogens (tertiary/aromatic N) is 1. The third-order valence-corrected chi connectivity index (χ3v) is 5.05. The predicted octanol–water partition coefficient (Wildman–Crippen LogP) is 2.94. The van der Waals surface area contributed by atoms with E-state index in [9.17, 15) is 18.8 Å². The van der Waals surface area contributed by atoms with Gasteiger partial charge in [0.1, 0.15) is 23.7 Å². The van der Waals surface area contributed by atoms with Crippen LogP contribution in [-0.2, 0) is 15.1 Å². The fraction of sp³-hybridized carbons (Fsp3) is 0.286. The van der Waals surface area contributed by atoms with Crippen molar-refractivity contribution >= 4 is 23.5 Å². The van der Waals surface area contributed by atoms with Crippen molar-refractivity contribution < 1.29 is 23.5 Å². The Morgan fingerprint density at radius 2 is 1.90 bits per heavy atom. The predicted molar refractivity (Wildman–Crippen MR) is 105 cm³/mol. The van der Waals surface area contributed by atoms with Crippen LogP contribution in [0.4, 0.5) is 14.9 Å². The molecule has 1 heterocycles. The summed E-state index contributed by atoms with van der Waals surface area (Å²) in [5, 5.41) is 5.22. The smallest absolute Gasteiger partial charge is 0.325 e. The summed E-state index contributed by atoms with van der Waals surface area (Å²) in [5.41, 5.74) is 0.0496. The standard InChI is InChI=1S/C21H22FN3O4/c1-4-21(14-6-9-16(29-3)10-7-14)19(27)25(20(28)24-21)12-18(26)23-15-8-5-13(2)17(22)11-15/h5-11H,4,12H2,1-3H3,(H,23,26)(H,24,28)/t21-/m0/s1. The van der Waals surface area contributed by atoms with E-state index in [1.807, 2.05) is 0 Å². The lowest BCUT2D eigenvalue weighted by Gasteiger charge is -2.26. The third kappa shape index (κ3) is 3.78. The number of hydrogen-bond acceptors (Lipinski definition) is 4. The lowest BCUT2D eigenvalue weighted by Crippen LogP contribution is -2.44. The molecule has 152 valence electrons. The van der Waals surface area contributed by atoms with Gasteiger partial charge in [-0.2, -0.15) is 0 Å². The highest BCUT2D eigenvalue weighted by atomic mass is 19.1. The summed E-state index contributed by atoms with van der Waals surface area (Å²) in [7, 11) is 1.54. The number of carbonyl (C=O) groups excluding carboxylic acids is 3. The van der Waals surface area contributed by atoms with E-state index >= 15 is 0 Å². The molecule has 7 nitrogen and oxygen atoms in total. The summed E-state index contributed by atoms with van der Waals surface area (Å²) in [4.78, 5) is 38.8. The molecule has 0 aromatic heterocycles. The molecule has 0 unspecified atom stereocenters. The first-order valence-corrected chi connectivity index (χ1v) is 9.15. The summed E-state index contributed by atoms with van der Waals surface area (Å²) in [6, 6.07) is 10.4. The number of rotatable bonds is 6. The average Bonchev–Trinajstić information content (AvgIpc) is 2.96. The van der Waals surface area contributed by atoms with Gasteiger partial charge in [-0.05, 0) is 48.7 Å². The average molecular weight is 399 g/mol. The third-order valence-electron chi connectivity index (χ3n) is 5.05. The minimum atomic E-state index is -1.25. The Bertz CT molecular complexity index is 961. The van der Waals surface area contributed by atoms with Crippen molar-refractivity contribution in [2.24, 2.45) is 0 Å². The molecule has 29 heavy (non-hydrogen) atoms. The SMILES string of the molecule is CC[C@@]1(c2ccc(OC)cc2)NC(=O)N(CC(=O)Nc2ccc(C)c(F)c2)C1=O. The summed E-state index contributed by atoms with van der Waals surface area (Å²) in [5.74, 6) is -0.945. The van der Waals surface area contributed by atoms with E-state index in [1.165, 1.54) is 19.2 Å². The van der Waals surface area contributed by atoms with Gasteiger partial charge < -0.3 is 15.4 Å². The second-order valence-electron chi connectivity index (χ2n) is 6.82. The van der Waals surface area contributed by atoms with Crippen LogP contribution in [0.5, 0.6) is 5.75 Å². The first-order valence-electron chi connectivity index (χ1n) is 9.15. The van der Waals surface area contributed by atoms with Crippen molar-refractivity contribution in [3.05, 3.63) is 59.4 Å². The van der Waals surface area contributed by atoms with Crippen LogP contribution in [0, 0.1) is 12.7 Å². The molecule has 1 atom stereocenters. The van der Waals surface area contributed by atoms with Crippen molar-refractivity contribution in [3.8, 4) is 5.75 Å². The van der Waals surface area contributed by atoms with E-state index in [2.05, 4.69) is 10.6 Å². The first kappa shape index (κ1) is 20.3. The summed E-state index contributed by atoms with van der Waals surface area (Å²) < 4.78 is 18.8. The lowest BCUT2D eigenvalue weighted by molar-refractivity contribution is -0.134. The highest BCUT2D eigenvalue weighted by molar-refractivity contribution is 6.10. The zero-order chi connectivity index (χ0) is 21.2. The lowest BCUT2D eigenvalue weighted by atomic mass is 9.87. The van der Waals surface area contributed by atoms with E-state index in [1.54, 1.807) is 44.2 Å². The molecule has 0 bridgehead atoms. The van der Waals surface area contributed by atoms with Gasteiger partial charge in [-0.15, -0.1) is 0 Å². The molecule has 4 amide bonds. The van der Waals surface area contributed by atoms with Gasteiger partial charge in [-0.1, -0.05) is 25.1 Å². The molecule has 0 aliphatic carbocycles. The fourth-order valence-electron chi connectivity index (χ4n) is 3.30. The van der Waals surface area contributed by atoms with Gasteiger partial charge >= 0.3 is 6.03 Å². The molecular formula is C21H22FN3O4. The van der Waals surface area contributed by atoms with Gasteiger partial charge in [-0.25, -0.2) is 9.18 Å². The number of nitrogens with one attached hydrogen (secondary N) is 2. The van der Waals surface area contributed by atoms with Crippen molar-refractivity contribution in [1.82, 2.24) is 10.2 Å². The normalized spacial score (nSPS) is 18.6. The monoisotopic (exact) mass is 399 g/mol. The van der Waals surface area contributed by atoms with Gasteiger partial charge in [0.25, 0.3) is 5.91 Å². The molecule has 3 rings (SSSR count). The van der Waals surface area contributed by atoms with E-state index in [0.29, 0.717) is 23.3 Å². The first-order chi connectivity index (χ1) is 13.8. The van der Waals surface area contributed by atoms with Crippen LogP contribution in [-0.4, -0.2) is 36.4 Å². The molecular weight excluding hydrogens is 377 g/mol. The summed E-state index contributed by atoms with van der Waals surface area (Å²) in [6.07, 6.45) is 0.311. The zero-order valence-electron chi connectivity index (χ0n) is 16.4. The zero-order valence-corrected chi connectivity index (χ0v) is 16.4. The Balaban J connectivity index is 1.77. The number of methoxy groups -OCH3 is 1. The molecule has 1 fully saturated rings. The highest BCUT2D eigenvalue weighted by Gasteiger charge is 2.51. The summed E-state index contributed by atoms with van der Waals surface area (Å²) >= 11 is 0. The molecule has 1 saturated heterocycles. The molecule has 2 aromatic rings. The Morgan fingerprint density at radius 3 is 2.48 bits per heavy atom. The van der Waals surface area contributed by atoms with Crippen LogP contribution in [0.15, 0.2) is 42.5 Å². The fourth-order valence-corrected chi connectivity index (χ4v) is 3.30. The number of amides is 4. The maximum atomic E-state index is 13.7. The molecule has 2 aromatic carbocycles. The van der Waals surface area contributed by atoms with Crippen molar-refractivity contribution in [1.29, 1.82) is 0 Å². The van der Waals surface area contributed by atoms with Gasteiger partial charge in [0.15, 0.2) is 0 Å². The van der Waals surface area contributed by atoms with Crippen molar-refractivity contribution in [2.45, 2.75) is 25.8 Å². The van der Waals surface area contributed by atoms with E-state index in [-0.39, 0.29) is 5.69 Å². The number of benzene rings is 2. The highest BCUT2D eigenvalue weighted by Crippen LogP contribution is 2.33. The molecule has 2 N–H and O–H groups in total. The minimum absolute atomic E-state index is 0.252. The van der Waals surface area contributed by atoms with Crippen LogP contribution in [0.1, 0.15) is 24.5 Å². The summed E-state index contributed by atoms with van der Waals surface area (Å²) in [6.45, 7) is 2.91. The Morgan fingerprint density at radius 1 is 1.21 bits per heavy atom. The van der Waals surface area contributed by atoms with Gasteiger partial charge in [0.05, 0.1) is 7.11 Å².